The average molecular weight is 403 g/mol. The summed E-state index contributed by atoms with van der Waals surface area (Å²) in [6, 6.07) is 10.1. The number of hydrogen-bond acceptors (Lipinski definition) is 7. The van der Waals surface area contributed by atoms with Crippen LogP contribution in [0.3, 0.4) is 0 Å². The molecule has 0 aliphatic carbocycles. The molecule has 0 radical (unpaired) electrons. The van der Waals surface area contributed by atoms with E-state index in [-0.39, 0.29) is 17.2 Å². The lowest BCUT2D eigenvalue weighted by atomic mass is 10.2. The van der Waals surface area contributed by atoms with Crippen molar-refractivity contribution in [2.45, 2.75) is 4.90 Å². The van der Waals surface area contributed by atoms with Crippen LogP contribution < -0.4 is 10.6 Å². The number of nitro benzene ring substituents is 1. The lowest BCUT2D eigenvalue weighted by Crippen LogP contribution is -2.21. The van der Waals surface area contributed by atoms with Crippen LogP contribution in [0.25, 0.3) is 0 Å². The number of rotatable bonds is 7. The van der Waals surface area contributed by atoms with E-state index in [9.17, 15) is 24.5 Å². The van der Waals surface area contributed by atoms with Crippen molar-refractivity contribution < 1.29 is 24.0 Å². The molecule has 0 saturated carbocycles. The van der Waals surface area contributed by atoms with Gasteiger partial charge in [0.05, 0.1) is 15.4 Å². The monoisotopic (exact) mass is 403 g/mol. The number of ether oxygens (including phenoxy) is 1. The summed E-state index contributed by atoms with van der Waals surface area (Å²) in [6.07, 6.45) is 1.69. The van der Waals surface area contributed by atoms with Crippen molar-refractivity contribution in [2.24, 2.45) is 0 Å². The molecule has 9 nitrogen and oxygen atoms in total. The van der Waals surface area contributed by atoms with Crippen molar-refractivity contribution in [3.63, 3.8) is 0 Å². The van der Waals surface area contributed by atoms with Gasteiger partial charge in [-0.1, -0.05) is 0 Å². The first-order valence-corrected chi connectivity index (χ1v) is 9.19. The highest BCUT2D eigenvalue weighted by Gasteiger charge is 2.18. The summed E-state index contributed by atoms with van der Waals surface area (Å²) in [5, 5.41) is 16.1. The van der Waals surface area contributed by atoms with E-state index in [1.807, 2.05) is 0 Å². The van der Waals surface area contributed by atoms with Gasteiger partial charge in [-0.2, -0.15) is 0 Å². The molecule has 0 unspecified atom stereocenters. The molecule has 0 aliphatic rings. The molecule has 0 saturated heterocycles. The zero-order chi connectivity index (χ0) is 20.7. The van der Waals surface area contributed by atoms with Crippen molar-refractivity contribution in [2.75, 3.05) is 25.2 Å². The molecule has 2 aromatic rings. The summed E-state index contributed by atoms with van der Waals surface area (Å²) < 4.78 is 4.91. The quantitative estimate of drug-likeness (QED) is 0.315. The molecule has 146 valence electrons. The Balaban J connectivity index is 1.95. The van der Waals surface area contributed by atoms with Crippen molar-refractivity contribution in [3.8, 4) is 0 Å². The van der Waals surface area contributed by atoms with Gasteiger partial charge < -0.3 is 15.4 Å². The zero-order valence-corrected chi connectivity index (χ0v) is 15.9. The maximum atomic E-state index is 12.1. The van der Waals surface area contributed by atoms with Crippen molar-refractivity contribution in [1.82, 2.24) is 5.32 Å². The van der Waals surface area contributed by atoms with Crippen LogP contribution in [0.4, 0.5) is 11.4 Å². The number of thioether (sulfide) groups is 1. The first-order valence-electron chi connectivity index (χ1n) is 7.97. The molecular weight excluding hydrogens is 386 g/mol. The van der Waals surface area contributed by atoms with E-state index >= 15 is 0 Å². The van der Waals surface area contributed by atoms with Gasteiger partial charge >= 0.3 is 5.97 Å². The van der Waals surface area contributed by atoms with Gasteiger partial charge in [0.1, 0.15) is 0 Å². The van der Waals surface area contributed by atoms with Gasteiger partial charge in [-0.15, -0.1) is 11.8 Å². The molecule has 0 aromatic heterocycles. The molecule has 2 rings (SSSR count). The molecule has 28 heavy (non-hydrogen) atoms. The minimum absolute atomic E-state index is 0.0211. The highest BCUT2D eigenvalue weighted by Crippen LogP contribution is 2.28. The zero-order valence-electron chi connectivity index (χ0n) is 15.1. The Morgan fingerprint density at radius 3 is 2.32 bits per heavy atom. The van der Waals surface area contributed by atoms with E-state index in [4.69, 9.17) is 4.74 Å². The molecule has 0 bridgehead atoms. The first kappa shape index (κ1) is 20.9. The standard InChI is InChI=1S/C18H17N3O6S/c1-19-17(23)11-3-6-13(7-4-11)20-16(22)10-27-18(24)12-5-8-15(28-2)14(9-12)21(25)26/h3-9H,10H2,1-2H3,(H,19,23)(H,20,22). The highest BCUT2D eigenvalue weighted by atomic mass is 32.2. The van der Waals surface area contributed by atoms with Crippen LogP contribution in [0.2, 0.25) is 0 Å². The number of amides is 2. The van der Waals surface area contributed by atoms with Crippen LogP contribution >= 0.6 is 11.8 Å². The molecule has 0 heterocycles. The van der Waals surface area contributed by atoms with E-state index in [1.165, 1.54) is 55.2 Å². The van der Waals surface area contributed by atoms with Gasteiger partial charge in [-0.05, 0) is 42.7 Å². The number of nitro groups is 1. The average Bonchev–Trinajstić information content (AvgIpc) is 2.71. The number of carbonyl (C=O) groups is 3. The molecule has 2 aromatic carbocycles. The maximum absolute atomic E-state index is 12.1. The van der Waals surface area contributed by atoms with Crippen molar-refractivity contribution in [1.29, 1.82) is 0 Å². The van der Waals surface area contributed by atoms with E-state index in [1.54, 1.807) is 6.26 Å². The highest BCUT2D eigenvalue weighted by molar-refractivity contribution is 7.98. The number of nitrogens with one attached hydrogen (secondary N) is 2. The van der Waals surface area contributed by atoms with Gasteiger partial charge in [-0.25, -0.2) is 4.79 Å². The van der Waals surface area contributed by atoms with Crippen LogP contribution in [0.5, 0.6) is 0 Å². The Labute approximate surface area is 164 Å². The summed E-state index contributed by atoms with van der Waals surface area (Å²) in [6.45, 7) is -0.561. The van der Waals surface area contributed by atoms with Crippen LogP contribution in [0.1, 0.15) is 20.7 Å². The second-order valence-corrected chi connectivity index (χ2v) is 6.27. The van der Waals surface area contributed by atoms with Crippen molar-refractivity contribution in [3.05, 3.63) is 63.7 Å². The molecular formula is C18H17N3O6S. The number of hydrogen-bond donors (Lipinski definition) is 2. The van der Waals surface area contributed by atoms with Crippen molar-refractivity contribution >= 4 is 40.9 Å². The van der Waals surface area contributed by atoms with E-state index in [0.717, 1.165) is 6.07 Å². The van der Waals surface area contributed by atoms with Crippen LogP contribution in [-0.4, -0.2) is 42.6 Å². The topological polar surface area (TPSA) is 128 Å². The molecule has 0 atom stereocenters. The van der Waals surface area contributed by atoms with Gasteiger partial charge in [0.15, 0.2) is 6.61 Å². The second-order valence-electron chi connectivity index (χ2n) is 5.42. The minimum atomic E-state index is -0.846. The number of benzene rings is 2. The molecule has 0 fully saturated rings. The fourth-order valence-corrected chi connectivity index (χ4v) is 2.77. The Kier molecular flexibility index (Phi) is 7.10. The Hall–Kier alpha value is -3.40. The Morgan fingerprint density at radius 1 is 1.11 bits per heavy atom. The third-order valence-electron chi connectivity index (χ3n) is 3.60. The van der Waals surface area contributed by atoms with Gasteiger partial charge in [-0.3, -0.25) is 19.7 Å². The van der Waals surface area contributed by atoms with Crippen LogP contribution in [-0.2, 0) is 9.53 Å². The first-order chi connectivity index (χ1) is 13.3. The van der Waals surface area contributed by atoms with Gasteiger partial charge in [0.2, 0.25) is 0 Å². The maximum Gasteiger partial charge on any atom is 0.338 e. The van der Waals surface area contributed by atoms with E-state index < -0.39 is 23.4 Å². The van der Waals surface area contributed by atoms with E-state index in [2.05, 4.69) is 10.6 Å². The molecule has 0 spiro atoms. The number of esters is 1. The second kappa shape index (κ2) is 9.51. The Bertz CT molecular complexity index is 914. The SMILES string of the molecule is CNC(=O)c1ccc(NC(=O)COC(=O)c2ccc(SC)c([N+](=O)[O-])c2)cc1. The fourth-order valence-electron chi connectivity index (χ4n) is 2.22. The summed E-state index contributed by atoms with van der Waals surface area (Å²) in [5.41, 5.74) is 0.630. The number of nitrogens with zero attached hydrogens (tertiary/aromatic N) is 1. The number of carbonyl (C=O) groups excluding carboxylic acids is 3. The van der Waals surface area contributed by atoms with Gasteiger partial charge in [0, 0.05) is 24.4 Å². The van der Waals surface area contributed by atoms with Crippen LogP contribution in [0, 0.1) is 10.1 Å². The van der Waals surface area contributed by atoms with Crippen LogP contribution in [0.15, 0.2) is 47.4 Å². The summed E-state index contributed by atoms with van der Waals surface area (Å²) in [5.74, 6) is -1.69. The predicted molar refractivity (Wildman–Crippen MR) is 104 cm³/mol. The minimum Gasteiger partial charge on any atom is -0.452 e. The third kappa shape index (κ3) is 5.30. The van der Waals surface area contributed by atoms with Gasteiger partial charge in [0.25, 0.3) is 17.5 Å². The Morgan fingerprint density at radius 2 is 1.75 bits per heavy atom. The lowest BCUT2D eigenvalue weighted by Gasteiger charge is -2.08. The largest absolute Gasteiger partial charge is 0.452 e. The summed E-state index contributed by atoms with van der Waals surface area (Å²) >= 11 is 1.18. The predicted octanol–water partition coefficient (Wildman–Crippen LogP) is 2.47. The molecule has 10 heteroatoms. The lowest BCUT2D eigenvalue weighted by molar-refractivity contribution is -0.387. The van der Waals surface area contributed by atoms with E-state index in [0.29, 0.717) is 16.1 Å². The molecule has 2 N–H and O–H groups in total. The number of anilines is 1. The molecule has 0 aliphatic heterocycles. The normalized spacial score (nSPS) is 10.1. The summed E-state index contributed by atoms with van der Waals surface area (Å²) in [7, 11) is 1.51. The summed E-state index contributed by atoms with van der Waals surface area (Å²) in [4.78, 5) is 46.3. The smallest absolute Gasteiger partial charge is 0.338 e. The fraction of sp³-hybridized carbons (Fsp3) is 0.167. The molecule has 2 amide bonds. The third-order valence-corrected chi connectivity index (χ3v) is 4.39.